The zero-order valence-electron chi connectivity index (χ0n) is 12.2. The Balaban J connectivity index is 1.58. The molecule has 3 rings (SSSR count). The van der Waals surface area contributed by atoms with Crippen molar-refractivity contribution in [1.29, 1.82) is 0 Å². The molecule has 2 heterocycles. The Bertz CT molecular complexity index is 424. The molecule has 4 nitrogen and oxygen atoms in total. The molecular weight excluding hydrogens is 236 g/mol. The molecule has 1 unspecified atom stereocenters. The number of nitrogens with one attached hydrogen (secondary N) is 1. The summed E-state index contributed by atoms with van der Waals surface area (Å²) in [7, 11) is 2.04. The fraction of sp³-hybridized carbons (Fsp3) is 0.800. The lowest BCUT2D eigenvalue weighted by Gasteiger charge is -2.34. The zero-order chi connectivity index (χ0) is 13.3. The van der Waals surface area contributed by atoms with E-state index >= 15 is 0 Å². The summed E-state index contributed by atoms with van der Waals surface area (Å²) >= 11 is 0. The van der Waals surface area contributed by atoms with E-state index in [9.17, 15) is 0 Å². The summed E-state index contributed by atoms with van der Waals surface area (Å²) in [5, 5.41) is 8.05. The van der Waals surface area contributed by atoms with Gasteiger partial charge in [0, 0.05) is 44.0 Å². The van der Waals surface area contributed by atoms with Crippen LogP contribution >= 0.6 is 0 Å². The molecule has 0 aromatic carbocycles. The molecule has 4 heteroatoms. The van der Waals surface area contributed by atoms with Gasteiger partial charge in [-0.3, -0.25) is 4.68 Å². The molecule has 1 saturated heterocycles. The Morgan fingerprint density at radius 1 is 1.47 bits per heavy atom. The molecule has 0 bridgehead atoms. The van der Waals surface area contributed by atoms with Crippen molar-refractivity contribution in [2.24, 2.45) is 13.0 Å². The van der Waals surface area contributed by atoms with E-state index in [1.165, 1.54) is 44.6 Å². The largest absolute Gasteiger partial charge is 0.310 e. The first-order valence-electron chi connectivity index (χ1n) is 7.62. The van der Waals surface area contributed by atoms with Gasteiger partial charge in [-0.15, -0.1) is 0 Å². The lowest BCUT2D eigenvalue weighted by atomic mass is 9.95. The Morgan fingerprint density at radius 2 is 2.32 bits per heavy atom. The van der Waals surface area contributed by atoms with Crippen molar-refractivity contribution < 1.29 is 0 Å². The molecule has 1 N–H and O–H groups in total. The van der Waals surface area contributed by atoms with Gasteiger partial charge in [-0.25, -0.2) is 0 Å². The number of aryl methyl sites for hydroxylation is 1. The van der Waals surface area contributed by atoms with E-state index in [1.54, 1.807) is 0 Å². The van der Waals surface area contributed by atoms with E-state index in [4.69, 9.17) is 0 Å². The molecule has 106 valence electrons. The quantitative estimate of drug-likeness (QED) is 0.891. The molecule has 0 amide bonds. The Hall–Kier alpha value is -0.870. The highest BCUT2D eigenvalue weighted by Gasteiger charge is 2.42. The maximum absolute atomic E-state index is 4.25. The molecule has 1 saturated carbocycles. The molecule has 1 aromatic rings. The van der Waals surface area contributed by atoms with Crippen molar-refractivity contribution >= 4 is 0 Å². The maximum Gasteiger partial charge on any atom is 0.0492 e. The van der Waals surface area contributed by atoms with E-state index in [-0.39, 0.29) is 0 Å². The van der Waals surface area contributed by atoms with Crippen LogP contribution in [0.2, 0.25) is 0 Å². The van der Waals surface area contributed by atoms with Gasteiger partial charge in [0.05, 0.1) is 0 Å². The molecule has 2 aliphatic rings. The van der Waals surface area contributed by atoms with Crippen LogP contribution in [-0.2, 0) is 13.5 Å². The van der Waals surface area contributed by atoms with E-state index in [1.807, 2.05) is 17.9 Å². The second kappa shape index (κ2) is 5.25. The summed E-state index contributed by atoms with van der Waals surface area (Å²) in [4.78, 5) is 2.64. The van der Waals surface area contributed by atoms with Gasteiger partial charge in [0.1, 0.15) is 0 Å². The molecule has 1 aliphatic carbocycles. The van der Waals surface area contributed by atoms with Crippen molar-refractivity contribution in [2.75, 3.05) is 26.2 Å². The van der Waals surface area contributed by atoms with Crippen LogP contribution in [0.4, 0.5) is 0 Å². The number of rotatable bonds is 4. The third-order valence-corrected chi connectivity index (χ3v) is 4.82. The summed E-state index contributed by atoms with van der Waals surface area (Å²) in [5.74, 6) is 0.907. The van der Waals surface area contributed by atoms with Crippen LogP contribution in [0.15, 0.2) is 12.3 Å². The first-order chi connectivity index (χ1) is 9.17. The van der Waals surface area contributed by atoms with Crippen molar-refractivity contribution in [3.05, 3.63) is 18.0 Å². The average molecular weight is 262 g/mol. The van der Waals surface area contributed by atoms with Gasteiger partial charge in [-0.1, -0.05) is 0 Å². The highest BCUT2D eigenvalue weighted by atomic mass is 15.3. The third kappa shape index (κ3) is 3.00. The van der Waals surface area contributed by atoms with Crippen LogP contribution in [0.1, 0.15) is 31.9 Å². The molecule has 0 radical (unpaired) electrons. The summed E-state index contributed by atoms with van der Waals surface area (Å²) in [5.41, 5.74) is 1.69. The van der Waals surface area contributed by atoms with Gasteiger partial charge >= 0.3 is 0 Å². The number of hydrogen-bond acceptors (Lipinski definition) is 3. The second-order valence-corrected chi connectivity index (χ2v) is 6.44. The van der Waals surface area contributed by atoms with Gasteiger partial charge in [-0.05, 0) is 51.3 Å². The van der Waals surface area contributed by atoms with Crippen LogP contribution in [0.3, 0.4) is 0 Å². The molecule has 1 aliphatic heterocycles. The van der Waals surface area contributed by atoms with E-state index in [0.29, 0.717) is 5.54 Å². The average Bonchev–Trinajstić information content (AvgIpc) is 3.17. The lowest BCUT2D eigenvalue weighted by Crippen LogP contribution is -2.51. The Morgan fingerprint density at radius 3 is 3.00 bits per heavy atom. The van der Waals surface area contributed by atoms with Crippen LogP contribution in [0.5, 0.6) is 0 Å². The van der Waals surface area contributed by atoms with Crippen LogP contribution in [-0.4, -0.2) is 46.4 Å². The minimum absolute atomic E-state index is 0.350. The Kier molecular flexibility index (Phi) is 3.63. The van der Waals surface area contributed by atoms with Crippen LogP contribution < -0.4 is 5.32 Å². The number of aromatic nitrogens is 2. The fourth-order valence-electron chi connectivity index (χ4n) is 3.38. The smallest absolute Gasteiger partial charge is 0.0492 e. The standard InChI is InChI=1S/C15H26N4/c1-15(13-4-5-13)12-19(10-3-8-16-15)11-7-14-6-9-17-18(14)2/h6,9,13,16H,3-5,7-8,10-12H2,1-2H3. The topological polar surface area (TPSA) is 33.1 Å². The summed E-state index contributed by atoms with van der Waals surface area (Å²) in [6.07, 6.45) is 7.11. The summed E-state index contributed by atoms with van der Waals surface area (Å²) in [6, 6.07) is 2.14. The first kappa shape index (κ1) is 13.1. The third-order valence-electron chi connectivity index (χ3n) is 4.82. The van der Waals surface area contributed by atoms with E-state index < -0.39 is 0 Å². The predicted molar refractivity (Wildman–Crippen MR) is 77.1 cm³/mol. The van der Waals surface area contributed by atoms with Gasteiger partial charge < -0.3 is 10.2 Å². The Labute approximate surface area is 116 Å². The van der Waals surface area contributed by atoms with Crippen molar-refractivity contribution in [3.63, 3.8) is 0 Å². The number of hydrogen-bond donors (Lipinski definition) is 1. The highest BCUT2D eigenvalue weighted by Crippen LogP contribution is 2.40. The normalized spacial score (nSPS) is 29.4. The van der Waals surface area contributed by atoms with Crippen molar-refractivity contribution in [3.8, 4) is 0 Å². The molecule has 2 fully saturated rings. The molecule has 1 atom stereocenters. The molecule has 0 spiro atoms. The van der Waals surface area contributed by atoms with Crippen LogP contribution in [0.25, 0.3) is 0 Å². The number of nitrogens with zero attached hydrogens (tertiary/aromatic N) is 3. The van der Waals surface area contributed by atoms with E-state index in [0.717, 1.165) is 18.9 Å². The minimum Gasteiger partial charge on any atom is -0.310 e. The van der Waals surface area contributed by atoms with Gasteiger partial charge in [0.15, 0.2) is 0 Å². The predicted octanol–water partition coefficient (Wildman–Crippen LogP) is 1.43. The van der Waals surface area contributed by atoms with Crippen molar-refractivity contribution in [1.82, 2.24) is 20.0 Å². The van der Waals surface area contributed by atoms with Crippen LogP contribution in [0, 0.1) is 5.92 Å². The summed E-state index contributed by atoms with van der Waals surface area (Å²) in [6.45, 7) is 7.19. The van der Waals surface area contributed by atoms with Crippen molar-refractivity contribution in [2.45, 2.75) is 38.1 Å². The van der Waals surface area contributed by atoms with Gasteiger partial charge in [-0.2, -0.15) is 5.10 Å². The monoisotopic (exact) mass is 262 g/mol. The maximum atomic E-state index is 4.25. The zero-order valence-corrected chi connectivity index (χ0v) is 12.2. The highest BCUT2D eigenvalue weighted by molar-refractivity contribution is 5.03. The summed E-state index contributed by atoms with van der Waals surface area (Å²) < 4.78 is 2.00. The van der Waals surface area contributed by atoms with E-state index in [2.05, 4.69) is 28.3 Å². The lowest BCUT2D eigenvalue weighted by molar-refractivity contribution is 0.202. The fourth-order valence-corrected chi connectivity index (χ4v) is 3.38. The van der Waals surface area contributed by atoms with Gasteiger partial charge in [0.25, 0.3) is 0 Å². The second-order valence-electron chi connectivity index (χ2n) is 6.44. The molecule has 1 aromatic heterocycles. The molecular formula is C15H26N4. The minimum atomic E-state index is 0.350. The molecule has 19 heavy (non-hydrogen) atoms. The van der Waals surface area contributed by atoms with Gasteiger partial charge in [0.2, 0.25) is 0 Å². The SMILES string of the molecule is Cn1nccc1CCN1CCCNC(C)(C2CC2)C1. The first-order valence-corrected chi connectivity index (χ1v) is 7.62.